The standard InChI is InChI=1S/C9H5BrF2O3/c10-5-2-7(12)6(11)1-4(5)8(13)3-9(14)15/h1-2H,3H2,(H,14,15)/p-1. The largest absolute Gasteiger partial charge is 0.550 e. The molecule has 0 aliphatic heterocycles. The second kappa shape index (κ2) is 4.48. The van der Waals surface area contributed by atoms with E-state index in [2.05, 4.69) is 15.9 Å². The lowest BCUT2D eigenvalue weighted by Crippen LogP contribution is -2.25. The number of carbonyl (C=O) groups is 2. The number of ketones is 1. The molecule has 0 saturated heterocycles. The summed E-state index contributed by atoms with van der Waals surface area (Å²) < 4.78 is 25.4. The summed E-state index contributed by atoms with van der Waals surface area (Å²) in [5.41, 5.74) is -0.224. The van der Waals surface area contributed by atoms with Crippen molar-refractivity contribution in [3.8, 4) is 0 Å². The fourth-order valence-corrected chi connectivity index (χ4v) is 1.50. The van der Waals surface area contributed by atoms with Crippen molar-refractivity contribution in [3.05, 3.63) is 33.8 Å². The van der Waals surface area contributed by atoms with E-state index in [0.29, 0.717) is 6.07 Å². The van der Waals surface area contributed by atoms with Gasteiger partial charge in [0.1, 0.15) is 0 Å². The van der Waals surface area contributed by atoms with Gasteiger partial charge < -0.3 is 9.90 Å². The fraction of sp³-hybridized carbons (Fsp3) is 0.111. The van der Waals surface area contributed by atoms with Crippen LogP contribution in [-0.4, -0.2) is 11.8 Å². The lowest BCUT2D eigenvalue weighted by molar-refractivity contribution is -0.304. The molecule has 0 unspecified atom stereocenters. The summed E-state index contributed by atoms with van der Waals surface area (Å²) in [6, 6.07) is 1.41. The van der Waals surface area contributed by atoms with Gasteiger partial charge in [0.25, 0.3) is 0 Å². The molecular weight excluding hydrogens is 274 g/mol. The van der Waals surface area contributed by atoms with Crippen LogP contribution in [0.3, 0.4) is 0 Å². The molecule has 0 radical (unpaired) electrons. The van der Waals surface area contributed by atoms with Gasteiger partial charge in [0.15, 0.2) is 17.4 Å². The minimum Gasteiger partial charge on any atom is -0.550 e. The predicted octanol–water partition coefficient (Wildman–Crippen LogP) is 1.05. The van der Waals surface area contributed by atoms with Crippen molar-refractivity contribution in [2.24, 2.45) is 0 Å². The number of rotatable bonds is 3. The summed E-state index contributed by atoms with van der Waals surface area (Å²) in [6.45, 7) is 0. The van der Waals surface area contributed by atoms with Gasteiger partial charge in [-0.15, -0.1) is 0 Å². The molecule has 0 saturated carbocycles. The fourth-order valence-electron chi connectivity index (χ4n) is 0.963. The third-order valence-electron chi connectivity index (χ3n) is 1.62. The number of carbonyl (C=O) groups excluding carboxylic acids is 2. The molecule has 80 valence electrons. The van der Waals surface area contributed by atoms with Gasteiger partial charge in [0.05, 0.1) is 6.42 Å². The first-order valence-corrected chi connectivity index (χ1v) is 4.58. The molecule has 0 spiro atoms. The number of carboxylic acid groups (broad SMARTS) is 1. The Bertz CT molecular complexity index is 432. The molecule has 6 heteroatoms. The Morgan fingerprint density at radius 3 is 2.33 bits per heavy atom. The van der Waals surface area contributed by atoms with Crippen LogP contribution in [0.5, 0.6) is 0 Å². The highest BCUT2D eigenvalue weighted by atomic mass is 79.9. The number of halogens is 3. The van der Waals surface area contributed by atoms with Crippen LogP contribution in [-0.2, 0) is 4.79 Å². The second-order valence-corrected chi connectivity index (χ2v) is 3.57. The van der Waals surface area contributed by atoms with Crippen LogP contribution in [0.4, 0.5) is 8.78 Å². The molecule has 0 aliphatic carbocycles. The van der Waals surface area contributed by atoms with Crippen LogP contribution in [0.25, 0.3) is 0 Å². The van der Waals surface area contributed by atoms with Gasteiger partial charge in [0.2, 0.25) is 0 Å². The van der Waals surface area contributed by atoms with Crippen LogP contribution < -0.4 is 5.11 Å². The van der Waals surface area contributed by atoms with Crippen molar-refractivity contribution in [3.63, 3.8) is 0 Å². The van der Waals surface area contributed by atoms with E-state index in [9.17, 15) is 23.5 Å². The van der Waals surface area contributed by atoms with Crippen LogP contribution >= 0.6 is 15.9 Å². The summed E-state index contributed by atoms with van der Waals surface area (Å²) in [4.78, 5) is 21.3. The van der Waals surface area contributed by atoms with E-state index in [1.54, 1.807) is 0 Å². The maximum absolute atomic E-state index is 12.7. The van der Waals surface area contributed by atoms with Crippen molar-refractivity contribution >= 4 is 27.7 Å². The van der Waals surface area contributed by atoms with Crippen molar-refractivity contribution < 1.29 is 23.5 Å². The minimum atomic E-state index is -1.57. The smallest absolute Gasteiger partial charge is 0.169 e. The first-order chi connectivity index (χ1) is 6.91. The molecule has 0 bridgehead atoms. The van der Waals surface area contributed by atoms with Crippen LogP contribution in [0.2, 0.25) is 0 Å². The Morgan fingerprint density at radius 2 is 1.80 bits per heavy atom. The third-order valence-corrected chi connectivity index (χ3v) is 2.27. The highest BCUT2D eigenvalue weighted by Crippen LogP contribution is 2.21. The molecule has 0 aromatic heterocycles. The summed E-state index contributed by atoms with van der Waals surface area (Å²) in [5, 5.41) is 10.1. The van der Waals surface area contributed by atoms with Crippen molar-refractivity contribution in [2.45, 2.75) is 6.42 Å². The van der Waals surface area contributed by atoms with E-state index >= 15 is 0 Å². The van der Waals surface area contributed by atoms with Gasteiger partial charge >= 0.3 is 0 Å². The van der Waals surface area contributed by atoms with Crippen molar-refractivity contribution in [2.75, 3.05) is 0 Å². The number of aliphatic carboxylic acids is 1. The summed E-state index contributed by atoms with van der Waals surface area (Å²) in [6.07, 6.45) is -0.871. The first-order valence-electron chi connectivity index (χ1n) is 3.79. The van der Waals surface area contributed by atoms with E-state index < -0.39 is 29.8 Å². The molecule has 15 heavy (non-hydrogen) atoms. The van der Waals surface area contributed by atoms with Gasteiger partial charge in [-0.2, -0.15) is 0 Å². The second-order valence-electron chi connectivity index (χ2n) is 2.72. The van der Waals surface area contributed by atoms with Gasteiger partial charge in [-0.1, -0.05) is 0 Å². The maximum Gasteiger partial charge on any atom is 0.169 e. The maximum atomic E-state index is 12.7. The molecule has 0 aliphatic rings. The number of carboxylic acids is 1. The molecule has 0 amide bonds. The Balaban J connectivity index is 3.09. The van der Waals surface area contributed by atoms with E-state index in [-0.39, 0.29) is 10.0 Å². The summed E-state index contributed by atoms with van der Waals surface area (Å²) >= 11 is 2.83. The molecule has 1 rings (SSSR count). The Kier molecular flexibility index (Phi) is 3.52. The average molecular weight is 278 g/mol. The van der Waals surface area contributed by atoms with Gasteiger partial charge in [-0.05, 0) is 28.1 Å². The molecule has 3 nitrogen and oxygen atoms in total. The number of benzene rings is 1. The molecule has 0 atom stereocenters. The number of hydrogen-bond donors (Lipinski definition) is 0. The van der Waals surface area contributed by atoms with Gasteiger partial charge in [0, 0.05) is 16.0 Å². The first kappa shape index (κ1) is 11.8. The lowest BCUT2D eigenvalue weighted by atomic mass is 10.1. The normalized spacial score (nSPS) is 10.1. The summed E-state index contributed by atoms with van der Waals surface area (Å²) in [5.74, 6) is -4.75. The SMILES string of the molecule is O=C([O-])CC(=O)c1cc(F)c(F)cc1Br. The van der Waals surface area contributed by atoms with E-state index in [1.807, 2.05) is 0 Å². The zero-order chi connectivity index (χ0) is 11.6. The van der Waals surface area contributed by atoms with Crippen molar-refractivity contribution in [1.29, 1.82) is 0 Å². The highest BCUT2D eigenvalue weighted by molar-refractivity contribution is 9.10. The molecule has 1 aromatic rings. The zero-order valence-electron chi connectivity index (χ0n) is 7.22. The Hall–Kier alpha value is -1.30. The van der Waals surface area contributed by atoms with Crippen LogP contribution in [0, 0.1) is 11.6 Å². The average Bonchev–Trinajstić information content (AvgIpc) is 2.09. The topological polar surface area (TPSA) is 57.2 Å². The van der Waals surface area contributed by atoms with E-state index in [1.165, 1.54) is 0 Å². The monoisotopic (exact) mass is 277 g/mol. The quantitative estimate of drug-likeness (QED) is 0.471. The highest BCUT2D eigenvalue weighted by Gasteiger charge is 2.14. The lowest BCUT2D eigenvalue weighted by Gasteiger charge is -2.05. The predicted molar refractivity (Wildman–Crippen MR) is 48.0 cm³/mol. The zero-order valence-corrected chi connectivity index (χ0v) is 8.81. The van der Waals surface area contributed by atoms with Crippen molar-refractivity contribution in [1.82, 2.24) is 0 Å². The molecule has 1 aromatic carbocycles. The van der Waals surface area contributed by atoms with Crippen LogP contribution in [0.15, 0.2) is 16.6 Å². The van der Waals surface area contributed by atoms with Crippen LogP contribution in [0.1, 0.15) is 16.8 Å². The van der Waals surface area contributed by atoms with Gasteiger partial charge in [-0.3, -0.25) is 4.79 Å². The van der Waals surface area contributed by atoms with E-state index in [4.69, 9.17) is 0 Å². The Labute approximate surface area is 91.8 Å². The van der Waals surface area contributed by atoms with Gasteiger partial charge in [-0.25, -0.2) is 8.78 Å². The molecule has 0 N–H and O–H groups in total. The molecular formula is C9H4BrF2O3-. The minimum absolute atomic E-state index is 0.00708. The third kappa shape index (κ3) is 2.82. The Morgan fingerprint density at radius 1 is 1.27 bits per heavy atom. The number of hydrogen-bond acceptors (Lipinski definition) is 3. The van der Waals surface area contributed by atoms with E-state index in [0.717, 1.165) is 6.07 Å². The molecule has 0 heterocycles. The molecule has 0 fully saturated rings. The number of Topliss-reactive ketones (excluding diaryl/α,β-unsaturated/α-hetero) is 1. The summed E-state index contributed by atoms with van der Waals surface area (Å²) in [7, 11) is 0.